The summed E-state index contributed by atoms with van der Waals surface area (Å²) in [7, 11) is 0. The van der Waals surface area contributed by atoms with E-state index in [0.29, 0.717) is 19.5 Å². The molecular weight excluding hydrogens is 494 g/mol. The molecule has 0 bridgehead atoms. The highest BCUT2D eigenvalue weighted by Gasteiger charge is 2.31. The van der Waals surface area contributed by atoms with E-state index in [1.807, 2.05) is 48.5 Å². The maximum Gasteiger partial charge on any atom is 0.222 e. The van der Waals surface area contributed by atoms with Crippen LogP contribution in [0.5, 0.6) is 0 Å². The van der Waals surface area contributed by atoms with Crippen LogP contribution in [0.4, 0.5) is 11.4 Å². The number of unbranched alkanes of at least 4 members (excludes halogenated alkanes) is 2. The molecule has 0 radical (unpaired) electrons. The molecule has 6 nitrogen and oxygen atoms in total. The molecule has 1 atom stereocenters. The van der Waals surface area contributed by atoms with Gasteiger partial charge in [-0.2, -0.15) is 0 Å². The lowest BCUT2D eigenvalue weighted by atomic mass is 9.97. The number of anilines is 1. The molecule has 1 amide bonds. The Balaban J connectivity index is 1.37. The van der Waals surface area contributed by atoms with Crippen molar-refractivity contribution in [1.82, 2.24) is 10.2 Å². The van der Waals surface area contributed by atoms with Crippen molar-refractivity contribution in [1.29, 1.82) is 0 Å². The number of aliphatic imine (C=N–C) groups is 1. The molecule has 206 valence electrons. The van der Waals surface area contributed by atoms with Crippen LogP contribution in [-0.4, -0.2) is 29.9 Å². The van der Waals surface area contributed by atoms with Gasteiger partial charge in [-0.05, 0) is 67.1 Å². The molecule has 3 aromatic carbocycles. The first kappa shape index (κ1) is 27.4. The van der Waals surface area contributed by atoms with E-state index in [2.05, 4.69) is 64.1 Å². The van der Waals surface area contributed by atoms with Crippen LogP contribution in [0.15, 0.2) is 102 Å². The minimum absolute atomic E-state index is 0.0232. The van der Waals surface area contributed by atoms with Crippen LogP contribution in [0.1, 0.15) is 61.3 Å². The number of para-hydroxylation sites is 1. The summed E-state index contributed by atoms with van der Waals surface area (Å²) in [6.45, 7) is 1.99. The summed E-state index contributed by atoms with van der Waals surface area (Å²) in [5.74, 6) is 0.798. The van der Waals surface area contributed by atoms with Gasteiger partial charge in [0.25, 0.3) is 0 Å². The highest BCUT2D eigenvalue weighted by Crippen LogP contribution is 2.37. The van der Waals surface area contributed by atoms with Gasteiger partial charge in [0.15, 0.2) is 0 Å². The molecule has 1 aliphatic heterocycles. The van der Waals surface area contributed by atoms with Crippen molar-refractivity contribution in [2.45, 2.75) is 51.1 Å². The lowest BCUT2D eigenvalue weighted by molar-refractivity contribution is -0.122. The van der Waals surface area contributed by atoms with Crippen molar-refractivity contribution in [3.8, 4) is 0 Å². The van der Waals surface area contributed by atoms with E-state index in [1.165, 1.54) is 11.1 Å². The van der Waals surface area contributed by atoms with Gasteiger partial charge in [0.1, 0.15) is 0 Å². The van der Waals surface area contributed by atoms with Gasteiger partial charge in [-0.25, -0.2) is 4.99 Å². The molecule has 6 heteroatoms. The van der Waals surface area contributed by atoms with E-state index in [-0.39, 0.29) is 11.9 Å². The van der Waals surface area contributed by atoms with E-state index < -0.39 is 0 Å². The zero-order chi connectivity index (χ0) is 27.6. The zero-order valence-electron chi connectivity index (χ0n) is 23.1. The fourth-order valence-corrected chi connectivity index (χ4v) is 5.30. The van der Waals surface area contributed by atoms with E-state index in [0.717, 1.165) is 67.1 Å². The topological polar surface area (TPSA) is 82.8 Å². The molecule has 0 aromatic heterocycles. The maximum atomic E-state index is 13.2. The summed E-state index contributed by atoms with van der Waals surface area (Å²) in [6, 6.07) is 26.6. The third-order valence-electron chi connectivity index (χ3n) is 7.45. The number of fused-ring (bicyclic) bond motifs is 1. The molecule has 0 saturated heterocycles. The Morgan fingerprint density at radius 1 is 0.925 bits per heavy atom. The molecule has 0 fully saturated rings. The van der Waals surface area contributed by atoms with Crippen LogP contribution < -0.4 is 16.4 Å². The number of nitrogens with two attached hydrogens (primary N) is 1. The summed E-state index contributed by atoms with van der Waals surface area (Å²) < 4.78 is 0. The highest BCUT2D eigenvalue weighted by atomic mass is 16.1. The fraction of sp³-hybridized carbons (Fsp3) is 0.294. The van der Waals surface area contributed by atoms with E-state index >= 15 is 0 Å². The third kappa shape index (κ3) is 7.07. The standard InChI is InChI=1S/C34H39N5O/c35-22-10-3-11-23-39-32(24-33(40)36-25-26-12-4-1-5-13-26)30-16-8-9-17-31(30)38-34(39)37-29-20-18-28(19-21-29)27-14-6-2-7-15-27/h1,4-6,8-9,12-21,32H,2-3,7,10-11,22-25,35H2,(H,36,40)(H,37,38). The molecule has 0 spiro atoms. The third-order valence-corrected chi connectivity index (χ3v) is 7.45. The van der Waals surface area contributed by atoms with Gasteiger partial charge in [-0.1, -0.05) is 85.3 Å². The minimum Gasteiger partial charge on any atom is -0.352 e. The van der Waals surface area contributed by atoms with Crippen molar-refractivity contribution >= 4 is 28.8 Å². The number of allylic oxidation sites excluding steroid dienone is 4. The number of nitrogens with one attached hydrogen (secondary N) is 2. The Morgan fingerprint density at radius 2 is 1.73 bits per heavy atom. The summed E-state index contributed by atoms with van der Waals surface area (Å²) in [5.41, 5.74) is 12.3. The summed E-state index contributed by atoms with van der Waals surface area (Å²) in [6.07, 6.45) is 12.3. The normalized spacial score (nSPS) is 16.1. The molecule has 40 heavy (non-hydrogen) atoms. The first-order chi connectivity index (χ1) is 19.7. The van der Waals surface area contributed by atoms with Crippen LogP contribution in [0.25, 0.3) is 5.57 Å². The number of benzene rings is 3. The highest BCUT2D eigenvalue weighted by molar-refractivity contribution is 5.98. The number of hydrogen-bond acceptors (Lipinski definition) is 5. The number of amides is 1. The molecular formula is C34H39N5O. The number of guanidine groups is 1. The smallest absolute Gasteiger partial charge is 0.222 e. The van der Waals surface area contributed by atoms with Gasteiger partial charge in [0.2, 0.25) is 11.9 Å². The Hall–Kier alpha value is -4.16. The van der Waals surface area contributed by atoms with Crippen molar-refractivity contribution in [3.05, 3.63) is 114 Å². The first-order valence-corrected chi connectivity index (χ1v) is 14.4. The predicted molar refractivity (Wildman–Crippen MR) is 165 cm³/mol. The number of hydrogen-bond donors (Lipinski definition) is 3. The molecule has 4 N–H and O–H groups in total. The van der Waals surface area contributed by atoms with Crippen molar-refractivity contribution in [3.63, 3.8) is 0 Å². The molecule has 3 aromatic rings. The molecule has 1 aliphatic carbocycles. The Bertz CT molecular complexity index is 1360. The van der Waals surface area contributed by atoms with Crippen molar-refractivity contribution in [2.24, 2.45) is 10.7 Å². The van der Waals surface area contributed by atoms with Crippen LogP contribution in [0.3, 0.4) is 0 Å². The van der Waals surface area contributed by atoms with E-state index in [1.54, 1.807) is 0 Å². The quantitative estimate of drug-likeness (QED) is 0.239. The van der Waals surface area contributed by atoms with Crippen LogP contribution in [-0.2, 0) is 11.3 Å². The Morgan fingerprint density at radius 3 is 2.50 bits per heavy atom. The molecule has 1 unspecified atom stereocenters. The average Bonchev–Trinajstić information content (AvgIpc) is 3.00. The monoisotopic (exact) mass is 533 g/mol. The van der Waals surface area contributed by atoms with Gasteiger partial charge >= 0.3 is 0 Å². The lowest BCUT2D eigenvalue weighted by Gasteiger charge is -2.38. The van der Waals surface area contributed by atoms with Crippen LogP contribution in [0, 0.1) is 0 Å². The second kappa shape index (κ2) is 13.8. The SMILES string of the molecule is NCCCCCN1C(Nc2ccc(C3=CCCC=C3)cc2)=Nc2ccccc2C1CC(=O)NCc1ccccc1. The number of nitrogens with zero attached hydrogens (tertiary/aromatic N) is 2. The van der Waals surface area contributed by atoms with E-state index in [9.17, 15) is 4.79 Å². The summed E-state index contributed by atoms with van der Waals surface area (Å²) in [5, 5.41) is 6.71. The van der Waals surface area contributed by atoms with Gasteiger partial charge in [-0.3, -0.25) is 4.79 Å². The summed E-state index contributed by atoms with van der Waals surface area (Å²) >= 11 is 0. The largest absolute Gasteiger partial charge is 0.352 e. The first-order valence-electron chi connectivity index (χ1n) is 14.4. The minimum atomic E-state index is -0.123. The molecule has 2 aliphatic rings. The second-order valence-corrected chi connectivity index (χ2v) is 10.4. The van der Waals surface area contributed by atoms with Crippen molar-refractivity contribution in [2.75, 3.05) is 18.4 Å². The van der Waals surface area contributed by atoms with Gasteiger partial charge in [0, 0.05) is 24.3 Å². The number of carbonyl (C=O) groups is 1. The average molecular weight is 534 g/mol. The summed E-state index contributed by atoms with van der Waals surface area (Å²) in [4.78, 5) is 20.5. The van der Waals surface area contributed by atoms with Crippen LogP contribution in [0.2, 0.25) is 0 Å². The Labute approximate surface area is 237 Å². The zero-order valence-corrected chi connectivity index (χ0v) is 23.1. The van der Waals surface area contributed by atoms with Gasteiger partial charge in [-0.15, -0.1) is 0 Å². The molecule has 1 heterocycles. The Kier molecular flexibility index (Phi) is 9.43. The van der Waals surface area contributed by atoms with E-state index in [4.69, 9.17) is 10.7 Å². The number of rotatable bonds is 11. The van der Waals surface area contributed by atoms with Gasteiger partial charge < -0.3 is 21.3 Å². The fourth-order valence-electron chi connectivity index (χ4n) is 5.30. The second-order valence-electron chi connectivity index (χ2n) is 10.4. The lowest BCUT2D eigenvalue weighted by Crippen LogP contribution is -2.43. The van der Waals surface area contributed by atoms with Crippen molar-refractivity contribution < 1.29 is 4.79 Å². The van der Waals surface area contributed by atoms with Gasteiger partial charge in [0.05, 0.1) is 18.2 Å². The molecule has 0 saturated carbocycles. The predicted octanol–water partition coefficient (Wildman–Crippen LogP) is 6.71. The molecule has 5 rings (SSSR count). The number of carbonyl (C=O) groups excluding carboxylic acids is 1. The maximum absolute atomic E-state index is 13.2. The van der Waals surface area contributed by atoms with Crippen LogP contribution >= 0.6 is 0 Å².